The summed E-state index contributed by atoms with van der Waals surface area (Å²) in [5, 5.41) is 2.64. The van der Waals surface area contributed by atoms with Gasteiger partial charge in [-0.15, -0.1) is 0 Å². The first-order chi connectivity index (χ1) is 11.8. The van der Waals surface area contributed by atoms with Crippen LogP contribution in [-0.4, -0.2) is 32.6 Å². The molecule has 7 nitrogen and oxygen atoms in total. The molecule has 0 heterocycles. The van der Waals surface area contributed by atoms with Crippen LogP contribution in [0.1, 0.15) is 12.5 Å². The fourth-order valence-electron chi connectivity index (χ4n) is 2.19. The maximum Gasteiger partial charge on any atom is 0.228 e. The van der Waals surface area contributed by atoms with Gasteiger partial charge < -0.3 is 19.3 Å². The molecule has 2 aromatic carbocycles. The number of hydrogen-bond donors (Lipinski definition) is 1. The van der Waals surface area contributed by atoms with Crippen LogP contribution < -0.4 is 14.8 Å². The standard InChI is InChI=1S/C17H19NO6S/c1-3-24-15-9-4-12(10-16(15)23-2)11-17(19)18-13-5-7-14(8-6-13)25(20,21)22/h4-10H,3,11H2,1-2H3,(H,18,19)(H,20,21,22)/p-1. The third-order valence-corrected chi connectivity index (χ3v) is 4.17. The molecule has 0 spiro atoms. The van der Waals surface area contributed by atoms with E-state index in [4.69, 9.17) is 9.47 Å². The predicted molar refractivity (Wildman–Crippen MR) is 90.9 cm³/mol. The zero-order valence-electron chi connectivity index (χ0n) is 13.8. The van der Waals surface area contributed by atoms with E-state index in [-0.39, 0.29) is 17.2 Å². The van der Waals surface area contributed by atoms with Crippen molar-refractivity contribution < 1.29 is 27.2 Å². The number of methoxy groups -OCH3 is 1. The molecular weight excluding hydrogens is 346 g/mol. The summed E-state index contributed by atoms with van der Waals surface area (Å²) < 4.78 is 43.3. The number of rotatable bonds is 7. The Morgan fingerprint density at radius 1 is 1.12 bits per heavy atom. The van der Waals surface area contributed by atoms with Gasteiger partial charge in [0.15, 0.2) is 11.5 Å². The molecule has 0 saturated heterocycles. The fourth-order valence-corrected chi connectivity index (χ4v) is 2.66. The highest BCUT2D eigenvalue weighted by molar-refractivity contribution is 7.85. The van der Waals surface area contributed by atoms with Crippen molar-refractivity contribution >= 4 is 21.7 Å². The molecule has 0 fully saturated rings. The van der Waals surface area contributed by atoms with E-state index >= 15 is 0 Å². The van der Waals surface area contributed by atoms with Crippen LogP contribution in [0.25, 0.3) is 0 Å². The van der Waals surface area contributed by atoms with Gasteiger partial charge in [0.1, 0.15) is 10.1 Å². The minimum atomic E-state index is -4.50. The van der Waals surface area contributed by atoms with Gasteiger partial charge >= 0.3 is 0 Å². The Labute approximate surface area is 146 Å². The van der Waals surface area contributed by atoms with Gasteiger partial charge in [0.05, 0.1) is 25.0 Å². The van der Waals surface area contributed by atoms with Gasteiger partial charge in [0.2, 0.25) is 5.91 Å². The molecule has 8 heteroatoms. The second-order valence-corrected chi connectivity index (χ2v) is 6.50. The summed E-state index contributed by atoms with van der Waals surface area (Å²) in [6, 6.07) is 10.2. The number of ether oxygens (including phenoxy) is 2. The lowest BCUT2D eigenvalue weighted by atomic mass is 10.1. The number of benzene rings is 2. The number of carbonyl (C=O) groups is 1. The molecular formula is C17H18NO6S-. The molecule has 25 heavy (non-hydrogen) atoms. The molecule has 1 amide bonds. The summed E-state index contributed by atoms with van der Waals surface area (Å²) in [6.45, 7) is 2.37. The first-order valence-electron chi connectivity index (χ1n) is 7.49. The van der Waals surface area contributed by atoms with Crippen LogP contribution in [0.3, 0.4) is 0 Å². The third-order valence-electron chi connectivity index (χ3n) is 3.32. The lowest BCUT2D eigenvalue weighted by molar-refractivity contribution is -0.115. The Morgan fingerprint density at radius 3 is 2.36 bits per heavy atom. The van der Waals surface area contributed by atoms with Crippen LogP contribution in [0.5, 0.6) is 11.5 Å². The molecule has 0 aliphatic heterocycles. The normalized spacial score (nSPS) is 11.0. The van der Waals surface area contributed by atoms with Crippen molar-refractivity contribution in [3.05, 3.63) is 48.0 Å². The molecule has 134 valence electrons. The largest absolute Gasteiger partial charge is 0.744 e. The number of anilines is 1. The number of amides is 1. The van der Waals surface area contributed by atoms with Crippen LogP contribution in [0, 0.1) is 0 Å². The van der Waals surface area contributed by atoms with Crippen LogP contribution in [-0.2, 0) is 21.3 Å². The van der Waals surface area contributed by atoms with Gasteiger partial charge in [-0.2, -0.15) is 0 Å². The van der Waals surface area contributed by atoms with Gasteiger partial charge in [0, 0.05) is 5.69 Å². The average molecular weight is 364 g/mol. The van der Waals surface area contributed by atoms with E-state index in [0.29, 0.717) is 23.8 Å². The summed E-state index contributed by atoms with van der Waals surface area (Å²) >= 11 is 0. The minimum absolute atomic E-state index is 0.102. The first kappa shape index (κ1) is 18.8. The van der Waals surface area contributed by atoms with E-state index in [2.05, 4.69) is 5.32 Å². The zero-order chi connectivity index (χ0) is 18.4. The molecule has 0 aromatic heterocycles. The van der Waals surface area contributed by atoms with E-state index in [1.54, 1.807) is 18.2 Å². The smallest absolute Gasteiger partial charge is 0.228 e. The second-order valence-electron chi connectivity index (χ2n) is 5.12. The van der Waals surface area contributed by atoms with Crippen molar-refractivity contribution in [3.8, 4) is 11.5 Å². The van der Waals surface area contributed by atoms with Crippen molar-refractivity contribution in [2.75, 3.05) is 19.0 Å². The molecule has 2 rings (SSSR count). The Hall–Kier alpha value is -2.58. The van der Waals surface area contributed by atoms with E-state index in [1.807, 2.05) is 6.92 Å². The molecule has 0 bridgehead atoms. The number of hydrogen-bond acceptors (Lipinski definition) is 6. The zero-order valence-corrected chi connectivity index (χ0v) is 14.6. The highest BCUT2D eigenvalue weighted by atomic mass is 32.2. The highest BCUT2D eigenvalue weighted by Crippen LogP contribution is 2.28. The van der Waals surface area contributed by atoms with Crippen LogP contribution >= 0.6 is 0 Å². The molecule has 0 aliphatic carbocycles. The van der Waals surface area contributed by atoms with Crippen molar-refractivity contribution in [1.82, 2.24) is 0 Å². The topological polar surface area (TPSA) is 105 Å². The van der Waals surface area contributed by atoms with Crippen molar-refractivity contribution in [3.63, 3.8) is 0 Å². The van der Waals surface area contributed by atoms with Crippen LogP contribution in [0.2, 0.25) is 0 Å². The fraction of sp³-hybridized carbons (Fsp3) is 0.235. The first-order valence-corrected chi connectivity index (χ1v) is 8.90. The molecule has 0 saturated carbocycles. The van der Waals surface area contributed by atoms with Gasteiger partial charge in [-0.3, -0.25) is 4.79 Å². The summed E-state index contributed by atoms with van der Waals surface area (Å²) in [4.78, 5) is 11.8. The molecule has 0 atom stereocenters. The Kier molecular flexibility index (Phi) is 6.00. The van der Waals surface area contributed by atoms with E-state index in [9.17, 15) is 17.8 Å². The molecule has 1 N–H and O–H groups in total. The summed E-state index contributed by atoms with van der Waals surface area (Å²) in [5.74, 6) is 0.852. The monoisotopic (exact) mass is 364 g/mol. The highest BCUT2D eigenvalue weighted by Gasteiger charge is 2.09. The summed E-state index contributed by atoms with van der Waals surface area (Å²) in [5.41, 5.74) is 1.13. The quantitative estimate of drug-likeness (QED) is 0.755. The van der Waals surface area contributed by atoms with Gasteiger partial charge in [-0.1, -0.05) is 6.07 Å². The maximum absolute atomic E-state index is 12.1. The number of carbonyl (C=O) groups excluding carboxylic acids is 1. The average Bonchev–Trinajstić information content (AvgIpc) is 2.56. The van der Waals surface area contributed by atoms with E-state index in [1.165, 1.54) is 19.2 Å². The molecule has 2 aromatic rings. The van der Waals surface area contributed by atoms with Crippen molar-refractivity contribution in [2.45, 2.75) is 18.2 Å². The molecule has 0 aliphatic rings. The maximum atomic E-state index is 12.1. The minimum Gasteiger partial charge on any atom is -0.744 e. The second kappa shape index (κ2) is 8.00. The van der Waals surface area contributed by atoms with Gasteiger partial charge in [-0.05, 0) is 48.9 Å². The van der Waals surface area contributed by atoms with Crippen LogP contribution in [0.15, 0.2) is 47.4 Å². The Balaban J connectivity index is 2.05. The van der Waals surface area contributed by atoms with E-state index in [0.717, 1.165) is 17.7 Å². The molecule has 0 unspecified atom stereocenters. The third kappa shape index (κ3) is 5.20. The van der Waals surface area contributed by atoms with E-state index < -0.39 is 10.1 Å². The van der Waals surface area contributed by atoms with Crippen molar-refractivity contribution in [2.24, 2.45) is 0 Å². The van der Waals surface area contributed by atoms with Crippen molar-refractivity contribution in [1.29, 1.82) is 0 Å². The number of nitrogens with one attached hydrogen (secondary N) is 1. The van der Waals surface area contributed by atoms with Gasteiger partial charge in [0.25, 0.3) is 0 Å². The Bertz CT molecular complexity index is 846. The molecule has 0 radical (unpaired) electrons. The lowest BCUT2D eigenvalue weighted by Gasteiger charge is -2.11. The Morgan fingerprint density at radius 2 is 1.80 bits per heavy atom. The summed E-state index contributed by atoms with van der Waals surface area (Å²) in [7, 11) is -2.98. The SMILES string of the molecule is CCOc1ccc(CC(=O)Nc2ccc(S(=O)(=O)[O-])cc2)cc1OC. The lowest BCUT2D eigenvalue weighted by Crippen LogP contribution is -2.14. The van der Waals surface area contributed by atoms with Crippen LogP contribution in [0.4, 0.5) is 5.69 Å². The predicted octanol–water partition coefficient (Wildman–Crippen LogP) is 2.18. The van der Waals surface area contributed by atoms with Gasteiger partial charge in [-0.25, -0.2) is 8.42 Å². The summed E-state index contributed by atoms with van der Waals surface area (Å²) in [6.07, 6.45) is 0.102.